The highest BCUT2D eigenvalue weighted by molar-refractivity contribution is 6.05. The molecule has 0 aliphatic heterocycles. The molecule has 0 atom stereocenters. The van der Waals surface area contributed by atoms with E-state index in [0.29, 0.717) is 35.2 Å². The van der Waals surface area contributed by atoms with Crippen molar-refractivity contribution in [3.05, 3.63) is 51.9 Å². The maximum atomic E-state index is 12.1. The minimum Gasteiger partial charge on any atom is -0.507 e. The molecule has 0 fully saturated rings. The molecule has 3 N–H and O–H groups in total. The molecular formula is C17H17NO4. The van der Waals surface area contributed by atoms with E-state index < -0.39 is 5.63 Å². The summed E-state index contributed by atoms with van der Waals surface area (Å²) in [5.74, 6) is 0.108. The predicted octanol–water partition coefficient (Wildman–Crippen LogP) is 2.04. The zero-order valence-electron chi connectivity index (χ0n) is 12.2. The molecule has 0 saturated heterocycles. The predicted molar refractivity (Wildman–Crippen MR) is 85.2 cm³/mol. The lowest BCUT2D eigenvalue weighted by Gasteiger charge is -2.12. The number of aryl methyl sites for hydroxylation is 1. The number of aliphatic hydroxyl groups is 1. The number of hydrogen-bond donors (Lipinski definition) is 3. The van der Waals surface area contributed by atoms with Crippen LogP contribution in [0, 0.1) is 6.92 Å². The fraction of sp³-hybridized carbons (Fsp3) is 0.235. The largest absolute Gasteiger partial charge is 0.507 e. The van der Waals surface area contributed by atoms with E-state index in [0.717, 1.165) is 10.8 Å². The third kappa shape index (κ3) is 2.34. The number of aromatic hydroxyl groups is 1. The van der Waals surface area contributed by atoms with Crippen LogP contribution in [0.5, 0.6) is 5.75 Å². The van der Waals surface area contributed by atoms with E-state index in [1.54, 1.807) is 19.1 Å². The van der Waals surface area contributed by atoms with Crippen LogP contribution in [0.15, 0.2) is 39.5 Å². The molecule has 0 bridgehead atoms. The van der Waals surface area contributed by atoms with Crippen LogP contribution in [-0.4, -0.2) is 23.4 Å². The summed E-state index contributed by atoms with van der Waals surface area (Å²) in [6, 6.07) is 9.09. The van der Waals surface area contributed by atoms with Crippen molar-refractivity contribution >= 4 is 21.7 Å². The highest BCUT2D eigenvalue weighted by atomic mass is 16.4. The van der Waals surface area contributed by atoms with Crippen LogP contribution >= 0.6 is 0 Å². The summed E-state index contributed by atoms with van der Waals surface area (Å²) in [7, 11) is 0. The average Bonchev–Trinajstić information content (AvgIpc) is 2.53. The van der Waals surface area contributed by atoms with Crippen LogP contribution in [0.2, 0.25) is 0 Å². The molecule has 22 heavy (non-hydrogen) atoms. The van der Waals surface area contributed by atoms with E-state index in [1.807, 2.05) is 18.2 Å². The smallest absolute Gasteiger partial charge is 0.344 e. The second kappa shape index (κ2) is 5.79. The number of nitrogens with one attached hydrogen (secondary N) is 1. The molecule has 0 saturated carbocycles. The first-order valence-electron chi connectivity index (χ1n) is 7.12. The Labute approximate surface area is 126 Å². The van der Waals surface area contributed by atoms with Gasteiger partial charge in [0.1, 0.15) is 11.3 Å². The normalized spacial score (nSPS) is 11.4. The van der Waals surface area contributed by atoms with E-state index in [4.69, 9.17) is 9.52 Å². The summed E-state index contributed by atoms with van der Waals surface area (Å²) < 4.78 is 5.39. The van der Waals surface area contributed by atoms with Gasteiger partial charge in [0, 0.05) is 29.6 Å². The number of hydrogen-bond acceptors (Lipinski definition) is 5. The zero-order chi connectivity index (χ0) is 15.7. The van der Waals surface area contributed by atoms with Crippen molar-refractivity contribution in [1.82, 2.24) is 5.32 Å². The quantitative estimate of drug-likeness (QED) is 0.390. The van der Waals surface area contributed by atoms with E-state index >= 15 is 0 Å². The summed E-state index contributed by atoms with van der Waals surface area (Å²) in [6.07, 6.45) is 0. The van der Waals surface area contributed by atoms with E-state index in [1.165, 1.54) is 0 Å². The van der Waals surface area contributed by atoms with Gasteiger partial charge in [0.2, 0.25) is 0 Å². The molecule has 0 unspecified atom stereocenters. The molecule has 2 aromatic carbocycles. The van der Waals surface area contributed by atoms with Gasteiger partial charge < -0.3 is 19.9 Å². The summed E-state index contributed by atoms with van der Waals surface area (Å²) >= 11 is 0. The maximum absolute atomic E-state index is 12.1. The van der Waals surface area contributed by atoms with Crippen LogP contribution in [0.4, 0.5) is 0 Å². The van der Waals surface area contributed by atoms with Gasteiger partial charge in [-0.15, -0.1) is 0 Å². The van der Waals surface area contributed by atoms with E-state index in [-0.39, 0.29) is 12.4 Å². The number of phenolic OH excluding ortho intramolecular Hbond substituents is 1. The maximum Gasteiger partial charge on any atom is 0.344 e. The monoisotopic (exact) mass is 299 g/mol. The first-order valence-corrected chi connectivity index (χ1v) is 7.12. The summed E-state index contributed by atoms with van der Waals surface area (Å²) in [6.45, 7) is 2.63. The zero-order valence-corrected chi connectivity index (χ0v) is 12.2. The number of phenols is 1. The Morgan fingerprint density at radius 3 is 2.64 bits per heavy atom. The molecule has 0 aliphatic carbocycles. The highest BCUT2D eigenvalue weighted by Crippen LogP contribution is 2.33. The number of aliphatic hydroxyl groups excluding tert-OH is 1. The Bertz CT molecular complexity index is 898. The van der Waals surface area contributed by atoms with Crippen LogP contribution in [0.25, 0.3) is 21.7 Å². The lowest BCUT2D eigenvalue weighted by atomic mass is 10.0. The van der Waals surface area contributed by atoms with Gasteiger partial charge in [-0.2, -0.15) is 0 Å². The molecule has 1 heterocycles. The minimum absolute atomic E-state index is 0.0329. The van der Waals surface area contributed by atoms with E-state index in [9.17, 15) is 9.90 Å². The second-order valence-corrected chi connectivity index (χ2v) is 5.22. The van der Waals surface area contributed by atoms with Crippen molar-refractivity contribution < 1.29 is 14.6 Å². The average molecular weight is 299 g/mol. The van der Waals surface area contributed by atoms with Crippen molar-refractivity contribution in [2.24, 2.45) is 0 Å². The Kier molecular flexibility index (Phi) is 3.83. The van der Waals surface area contributed by atoms with Gasteiger partial charge in [0.15, 0.2) is 0 Å². The van der Waals surface area contributed by atoms with Crippen molar-refractivity contribution in [1.29, 1.82) is 0 Å². The fourth-order valence-corrected chi connectivity index (χ4v) is 2.67. The number of benzene rings is 2. The SMILES string of the molecule is Cc1c(O)c(CNCCO)cc2c1oc(=O)c1ccccc12. The summed E-state index contributed by atoms with van der Waals surface area (Å²) in [5.41, 5.74) is 1.25. The minimum atomic E-state index is -0.406. The molecule has 5 nitrogen and oxygen atoms in total. The first-order chi connectivity index (χ1) is 10.6. The van der Waals surface area contributed by atoms with Gasteiger partial charge in [-0.3, -0.25) is 0 Å². The molecule has 114 valence electrons. The van der Waals surface area contributed by atoms with Crippen molar-refractivity contribution in [3.8, 4) is 5.75 Å². The molecule has 0 amide bonds. The summed E-state index contributed by atoms with van der Waals surface area (Å²) in [5, 5.41) is 24.3. The van der Waals surface area contributed by atoms with Gasteiger partial charge in [-0.05, 0) is 24.4 Å². The van der Waals surface area contributed by atoms with Crippen molar-refractivity contribution in [2.45, 2.75) is 13.5 Å². The number of fused-ring (bicyclic) bond motifs is 3. The molecule has 0 spiro atoms. The standard InChI is InChI=1S/C17H17NO4/c1-10-15(20)11(9-18-6-7-19)8-14-12-4-2-3-5-13(12)17(21)22-16(10)14/h2-5,8,18-20H,6-7,9H2,1H3. The van der Waals surface area contributed by atoms with Gasteiger partial charge >= 0.3 is 5.63 Å². The first kappa shape index (κ1) is 14.6. The molecule has 0 radical (unpaired) electrons. The highest BCUT2D eigenvalue weighted by Gasteiger charge is 2.15. The van der Waals surface area contributed by atoms with E-state index in [2.05, 4.69) is 5.32 Å². The Morgan fingerprint density at radius 1 is 1.18 bits per heavy atom. The third-order valence-corrected chi connectivity index (χ3v) is 3.80. The van der Waals surface area contributed by atoms with Gasteiger partial charge in [0.25, 0.3) is 0 Å². The molecule has 1 aromatic heterocycles. The molecular weight excluding hydrogens is 282 g/mol. The van der Waals surface area contributed by atoms with Gasteiger partial charge in [-0.1, -0.05) is 18.2 Å². The second-order valence-electron chi connectivity index (χ2n) is 5.22. The number of rotatable bonds is 4. The van der Waals surface area contributed by atoms with Crippen LogP contribution in [0.1, 0.15) is 11.1 Å². The lowest BCUT2D eigenvalue weighted by Crippen LogP contribution is -2.17. The van der Waals surface area contributed by atoms with Crippen molar-refractivity contribution in [2.75, 3.05) is 13.2 Å². The van der Waals surface area contributed by atoms with Crippen molar-refractivity contribution in [3.63, 3.8) is 0 Å². The fourth-order valence-electron chi connectivity index (χ4n) is 2.67. The van der Waals surface area contributed by atoms with Gasteiger partial charge in [-0.25, -0.2) is 4.79 Å². The Morgan fingerprint density at radius 2 is 1.91 bits per heavy atom. The molecule has 5 heteroatoms. The van der Waals surface area contributed by atoms with Crippen LogP contribution in [-0.2, 0) is 6.54 Å². The van der Waals surface area contributed by atoms with Gasteiger partial charge in [0.05, 0.1) is 12.0 Å². The molecule has 3 rings (SSSR count). The molecule has 0 aliphatic rings. The Balaban J connectivity index is 2.29. The van der Waals surface area contributed by atoms with Crippen LogP contribution < -0.4 is 10.9 Å². The lowest BCUT2D eigenvalue weighted by molar-refractivity contribution is 0.291. The van der Waals surface area contributed by atoms with Crippen LogP contribution in [0.3, 0.4) is 0 Å². The summed E-state index contributed by atoms with van der Waals surface area (Å²) in [4.78, 5) is 12.1. The molecule has 3 aromatic rings. The Hall–Kier alpha value is -2.37. The third-order valence-electron chi connectivity index (χ3n) is 3.80. The topological polar surface area (TPSA) is 82.7 Å².